The summed E-state index contributed by atoms with van der Waals surface area (Å²) in [6.07, 6.45) is 0. The van der Waals surface area contributed by atoms with E-state index in [0.717, 1.165) is 22.6 Å². The van der Waals surface area contributed by atoms with Crippen LogP contribution in [0.15, 0.2) is 84.9 Å². The first-order chi connectivity index (χ1) is 11.8. The molecule has 116 valence electrons. The summed E-state index contributed by atoms with van der Waals surface area (Å²) in [5, 5.41) is 8.69. The maximum atomic E-state index is 4.38. The van der Waals surface area contributed by atoms with Crippen LogP contribution in [0.4, 0.5) is 0 Å². The lowest BCUT2D eigenvalue weighted by atomic mass is 10.0. The minimum absolute atomic E-state index is 0.915. The highest BCUT2D eigenvalue weighted by Crippen LogP contribution is 2.26. The van der Waals surface area contributed by atoms with E-state index in [1.165, 1.54) is 11.1 Å². The fourth-order valence-electron chi connectivity index (χ4n) is 2.86. The van der Waals surface area contributed by atoms with Crippen LogP contribution in [-0.2, 0) is 0 Å². The highest BCUT2D eigenvalue weighted by molar-refractivity contribution is 5.69. The van der Waals surface area contributed by atoms with Gasteiger partial charge in [-0.3, -0.25) is 0 Å². The molecule has 1 aromatic heterocycles. The summed E-state index contributed by atoms with van der Waals surface area (Å²) in [4.78, 5) is 0. The van der Waals surface area contributed by atoms with Gasteiger partial charge in [0.1, 0.15) is 5.69 Å². The molecule has 3 heteroatoms. The van der Waals surface area contributed by atoms with E-state index in [-0.39, 0.29) is 0 Å². The average molecular weight is 311 g/mol. The van der Waals surface area contributed by atoms with Crippen molar-refractivity contribution in [1.29, 1.82) is 0 Å². The highest BCUT2D eigenvalue weighted by atomic mass is 15.4. The molecule has 0 atom stereocenters. The van der Waals surface area contributed by atoms with Gasteiger partial charge in [0.05, 0.1) is 11.4 Å². The summed E-state index contributed by atoms with van der Waals surface area (Å²) < 4.78 is 1.88. The number of hydrogen-bond donors (Lipinski definition) is 0. The summed E-state index contributed by atoms with van der Waals surface area (Å²) in [6, 6.07) is 28.9. The maximum absolute atomic E-state index is 4.38. The second-order valence-corrected chi connectivity index (χ2v) is 5.71. The van der Waals surface area contributed by atoms with Crippen LogP contribution in [-0.4, -0.2) is 15.0 Å². The molecule has 3 nitrogen and oxygen atoms in total. The number of nitrogens with zero attached hydrogens (tertiary/aromatic N) is 3. The molecule has 0 radical (unpaired) electrons. The van der Waals surface area contributed by atoms with Crippen LogP contribution in [0.5, 0.6) is 0 Å². The standard InChI is InChI=1S/C21H17N3/c1-16-21(22-23-24(16)20-10-6-3-7-11-20)19-14-12-18(13-15-19)17-8-4-2-5-9-17/h2-15H,1H3. The zero-order valence-corrected chi connectivity index (χ0v) is 13.4. The van der Waals surface area contributed by atoms with Crippen LogP contribution in [0.1, 0.15) is 5.69 Å². The second-order valence-electron chi connectivity index (χ2n) is 5.71. The summed E-state index contributed by atoms with van der Waals surface area (Å²) in [5.74, 6) is 0. The topological polar surface area (TPSA) is 30.7 Å². The van der Waals surface area contributed by atoms with E-state index >= 15 is 0 Å². The Hall–Kier alpha value is -3.20. The minimum atomic E-state index is 0.915. The van der Waals surface area contributed by atoms with Crippen LogP contribution in [0.2, 0.25) is 0 Å². The van der Waals surface area contributed by atoms with Gasteiger partial charge in [-0.05, 0) is 30.2 Å². The highest BCUT2D eigenvalue weighted by Gasteiger charge is 2.11. The summed E-state index contributed by atoms with van der Waals surface area (Å²) >= 11 is 0. The van der Waals surface area contributed by atoms with Crippen molar-refractivity contribution >= 4 is 0 Å². The SMILES string of the molecule is Cc1c(-c2ccc(-c3ccccc3)cc2)nnn1-c1ccccc1. The Morgan fingerprint density at radius 3 is 1.83 bits per heavy atom. The molecule has 0 bridgehead atoms. The van der Waals surface area contributed by atoms with Gasteiger partial charge in [0.15, 0.2) is 0 Å². The van der Waals surface area contributed by atoms with Crippen LogP contribution in [0.3, 0.4) is 0 Å². The van der Waals surface area contributed by atoms with E-state index in [9.17, 15) is 0 Å². The van der Waals surface area contributed by atoms with E-state index in [2.05, 4.69) is 58.8 Å². The first-order valence-electron chi connectivity index (χ1n) is 7.96. The summed E-state index contributed by atoms with van der Waals surface area (Å²) in [6.45, 7) is 2.05. The zero-order chi connectivity index (χ0) is 16.4. The second kappa shape index (κ2) is 6.13. The Morgan fingerprint density at radius 1 is 0.625 bits per heavy atom. The average Bonchev–Trinajstić information content (AvgIpc) is 3.05. The van der Waals surface area contributed by atoms with Gasteiger partial charge in [-0.1, -0.05) is 78.0 Å². The first kappa shape index (κ1) is 14.4. The largest absolute Gasteiger partial charge is 0.217 e. The molecule has 3 aromatic carbocycles. The van der Waals surface area contributed by atoms with E-state index in [1.807, 2.05) is 48.0 Å². The van der Waals surface area contributed by atoms with Crippen LogP contribution >= 0.6 is 0 Å². The maximum Gasteiger partial charge on any atom is 0.116 e. The van der Waals surface area contributed by atoms with Crippen molar-refractivity contribution in [1.82, 2.24) is 15.0 Å². The molecular weight excluding hydrogens is 294 g/mol. The van der Waals surface area contributed by atoms with Gasteiger partial charge in [0.25, 0.3) is 0 Å². The Bertz CT molecular complexity index is 940. The van der Waals surface area contributed by atoms with Gasteiger partial charge in [-0.25, -0.2) is 4.68 Å². The van der Waals surface area contributed by atoms with Crippen molar-refractivity contribution in [3.8, 4) is 28.1 Å². The van der Waals surface area contributed by atoms with Gasteiger partial charge in [-0.15, -0.1) is 5.10 Å². The molecular formula is C21H17N3. The molecule has 0 amide bonds. The Balaban J connectivity index is 1.69. The molecule has 0 fully saturated rings. The molecule has 0 unspecified atom stereocenters. The number of rotatable bonds is 3. The number of benzene rings is 3. The number of hydrogen-bond acceptors (Lipinski definition) is 2. The molecule has 4 aromatic rings. The van der Waals surface area contributed by atoms with Gasteiger partial charge in [-0.2, -0.15) is 0 Å². The Morgan fingerprint density at radius 2 is 1.17 bits per heavy atom. The van der Waals surface area contributed by atoms with E-state index in [4.69, 9.17) is 0 Å². The molecule has 0 aliphatic heterocycles. The molecule has 24 heavy (non-hydrogen) atoms. The van der Waals surface area contributed by atoms with Gasteiger partial charge < -0.3 is 0 Å². The Kier molecular flexibility index (Phi) is 3.67. The molecule has 0 N–H and O–H groups in total. The monoisotopic (exact) mass is 311 g/mol. The van der Waals surface area contributed by atoms with Gasteiger partial charge >= 0.3 is 0 Å². The molecule has 0 spiro atoms. The third-order valence-corrected chi connectivity index (χ3v) is 4.16. The van der Waals surface area contributed by atoms with E-state index < -0.39 is 0 Å². The van der Waals surface area contributed by atoms with Crippen molar-refractivity contribution in [2.45, 2.75) is 6.92 Å². The lowest BCUT2D eigenvalue weighted by Gasteiger charge is -2.05. The number of aromatic nitrogens is 3. The predicted molar refractivity (Wildman–Crippen MR) is 97.0 cm³/mol. The molecule has 0 saturated carbocycles. The van der Waals surface area contributed by atoms with Crippen LogP contribution in [0, 0.1) is 6.92 Å². The third-order valence-electron chi connectivity index (χ3n) is 4.16. The van der Waals surface area contributed by atoms with Crippen molar-refractivity contribution in [3.63, 3.8) is 0 Å². The predicted octanol–water partition coefficient (Wildman–Crippen LogP) is 4.91. The molecule has 0 aliphatic carbocycles. The van der Waals surface area contributed by atoms with Crippen molar-refractivity contribution in [2.75, 3.05) is 0 Å². The molecule has 0 aliphatic rings. The molecule has 0 saturated heterocycles. The van der Waals surface area contributed by atoms with Crippen molar-refractivity contribution in [2.24, 2.45) is 0 Å². The number of para-hydroxylation sites is 1. The minimum Gasteiger partial charge on any atom is -0.217 e. The summed E-state index contributed by atoms with van der Waals surface area (Å²) in [5.41, 5.74) is 6.47. The zero-order valence-electron chi connectivity index (χ0n) is 13.4. The lowest BCUT2D eigenvalue weighted by Crippen LogP contribution is -1.98. The molecule has 4 rings (SSSR count). The smallest absolute Gasteiger partial charge is 0.116 e. The van der Waals surface area contributed by atoms with E-state index in [1.54, 1.807) is 0 Å². The van der Waals surface area contributed by atoms with Crippen LogP contribution < -0.4 is 0 Å². The Labute approximate surface area is 141 Å². The van der Waals surface area contributed by atoms with Gasteiger partial charge in [0.2, 0.25) is 0 Å². The first-order valence-corrected chi connectivity index (χ1v) is 7.96. The fraction of sp³-hybridized carbons (Fsp3) is 0.0476. The van der Waals surface area contributed by atoms with Crippen molar-refractivity contribution < 1.29 is 0 Å². The lowest BCUT2D eigenvalue weighted by molar-refractivity contribution is 0.785. The van der Waals surface area contributed by atoms with Crippen LogP contribution in [0.25, 0.3) is 28.1 Å². The molecule has 1 heterocycles. The van der Waals surface area contributed by atoms with E-state index in [0.29, 0.717) is 0 Å². The third kappa shape index (κ3) is 2.61. The summed E-state index contributed by atoms with van der Waals surface area (Å²) in [7, 11) is 0. The van der Waals surface area contributed by atoms with Crippen molar-refractivity contribution in [3.05, 3.63) is 90.6 Å². The normalized spacial score (nSPS) is 10.7. The van der Waals surface area contributed by atoms with Gasteiger partial charge in [0, 0.05) is 5.56 Å². The quantitative estimate of drug-likeness (QED) is 0.538. The fourth-order valence-corrected chi connectivity index (χ4v) is 2.86.